The summed E-state index contributed by atoms with van der Waals surface area (Å²) in [6.45, 7) is 1.98. The first-order valence-electron chi connectivity index (χ1n) is 6.91. The van der Waals surface area contributed by atoms with Crippen LogP contribution >= 0.6 is 0 Å². The van der Waals surface area contributed by atoms with E-state index in [1.54, 1.807) is 6.07 Å². The van der Waals surface area contributed by atoms with Gasteiger partial charge in [0.25, 0.3) is 5.91 Å². The summed E-state index contributed by atoms with van der Waals surface area (Å²) in [5, 5.41) is 9.12. The van der Waals surface area contributed by atoms with Crippen LogP contribution in [0.15, 0.2) is 48.5 Å². The molecule has 3 aromatic rings. The van der Waals surface area contributed by atoms with Gasteiger partial charge in [-0.1, -0.05) is 29.8 Å². The molecule has 2 aromatic carbocycles. The van der Waals surface area contributed by atoms with E-state index in [0.29, 0.717) is 5.69 Å². The van der Waals surface area contributed by atoms with Crippen molar-refractivity contribution in [3.63, 3.8) is 0 Å². The fourth-order valence-corrected chi connectivity index (χ4v) is 2.13. The van der Waals surface area contributed by atoms with Crippen LogP contribution in [0.3, 0.4) is 0 Å². The third-order valence-corrected chi connectivity index (χ3v) is 3.29. The number of H-pyrrole nitrogens is 1. The van der Waals surface area contributed by atoms with Gasteiger partial charge in [0.1, 0.15) is 17.3 Å². The molecule has 0 saturated heterocycles. The highest BCUT2D eigenvalue weighted by atomic mass is 19.1. The first kappa shape index (κ1) is 14.9. The van der Waals surface area contributed by atoms with Gasteiger partial charge >= 0.3 is 0 Å². The van der Waals surface area contributed by atoms with Crippen molar-refractivity contribution in [3.05, 3.63) is 71.4 Å². The zero-order valence-electron chi connectivity index (χ0n) is 12.2. The third-order valence-electron chi connectivity index (χ3n) is 3.29. The summed E-state index contributed by atoms with van der Waals surface area (Å²) in [6, 6.07) is 12.1. The first-order chi connectivity index (χ1) is 11.0. The van der Waals surface area contributed by atoms with Crippen LogP contribution in [0.4, 0.5) is 14.5 Å². The van der Waals surface area contributed by atoms with Crippen molar-refractivity contribution in [2.24, 2.45) is 0 Å². The smallest absolute Gasteiger partial charge is 0.273 e. The topological polar surface area (TPSA) is 57.8 Å². The van der Waals surface area contributed by atoms with Gasteiger partial charge in [0.05, 0.1) is 5.69 Å². The molecule has 0 spiro atoms. The average Bonchev–Trinajstić information content (AvgIpc) is 2.97. The Morgan fingerprint density at radius 2 is 1.70 bits per heavy atom. The molecule has 0 fully saturated rings. The molecule has 116 valence electrons. The van der Waals surface area contributed by atoms with Crippen molar-refractivity contribution in [2.75, 3.05) is 5.32 Å². The molecular weight excluding hydrogens is 300 g/mol. The Morgan fingerprint density at radius 1 is 1.04 bits per heavy atom. The van der Waals surface area contributed by atoms with Crippen molar-refractivity contribution >= 4 is 11.6 Å². The van der Waals surface area contributed by atoms with E-state index in [2.05, 4.69) is 15.5 Å². The Bertz CT molecular complexity index is 836. The zero-order valence-corrected chi connectivity index (χ0v) is 12.2. The molecule has 4 nitrogen and oxygen atoms in total. The number of hydrogen-bond acceptors (Lipinski definition) is 2. The highest BCUT2D eigenvalue weighted by Gasteiger charge is 2.12. The largest absolute Gasteiger partial charge is 0.320 e. The number of nitrogens with zero attached hydrogens (tertiary/aromatic N) is 1. The molecule has 0 aliphatic carbocycles. The molecule has 2 N–H and O–H groups in total. The van der Waals surface area contributed by atoms with Crippen LogP contribution in [0, 0.1) is 18.6 Å². The zero-order chi connectivity index (χ0) is 16.4. The fourth-order valence-electron chi connectivity index (χ4n) is 2.13. The molecule has 0 radical (unpaired) electrons. The van der Waals surface area contributed by atoms with Crippen LogP contribution in [0.2, 0.25) is 0 Å². The van der Waals surface area contributed by atoms with Crippen LogP contribution in [-0.2, 0) is 0 Å². The van der Waals surface area contributed by atoms with Crippen molar-refractivity contribution in [1.82, 2.24) is 10.2 Å². The van der Waals surface area contributed by atoms with Crippen molar-refractivity contribution in [3.8, 4) is 11.3 Å². The number of amides is 1. The van der Waals surface area contributed by atoms with E-state index >= 15 is 0 Å². The molecule has 3 rings (SSSR count). The lowest BCUT2D eigenvalue weighted by Crippen LogP contribution is -2.12. The van der Waals surface area contributed by atoms with Crippen molar-refractivity contribution in [1.29, 1.82) is 0 Å². The molecule has 0 atom stereocenters. The van der Waals surface area contributed by atoms with E-state index in [1.165, 1.54) is 0 Å². The Morgan fingerprint density at radius 3 is 2.35 bits per heavy atom. The van der Waals surface area contributed by atoms with Gasteiger partial charge in [0.2, 0.25) is 0 Å². The predicted molar refractivity (Wildman–Crippen MR) is 83.1 cm³/mol. The summed E-state index contributed by atoms with van der Waals surface area (Å²) in [4.78, 5) is 12.1. The van der Waals surface area contributed by atoms with Crippen LogP contribution in [0.25, 0.3) is 11.3 Å². The predicted octanol–water partition coefficient (Wildman–Crippen LogP) is 3.92. The number of nitrogens with one attached hydrogen (secondary N) is 2. The molecule has 0 saturated carbocycles. The van der Waals surface area contributed by atoms with E-state index in [-0.39, 0.29) is 11.4 Å². The Balaban J connectivity index is 1.79. The minimum absolute atomic E-state index is 0.0407. The van der Waals surface area contributed by atoms with Crippen LogP contribution < -0.4 is 5.32 Å². The second-order valence-corrected chi connectivity index (χ2v) is 5.15. The number of halogens is 2. The summed E-state index contributed by atoms with van der Waals surface area (Å²) in [6.07, 6.45) is 0. The second kappa shape index (κ2) is 6.00. The van der Waals surface area contributed by atoms with Crippen LogP contribution in [-0.4, -0.2) is 16.1 Å². The Hall–Kier alpha value is -3.02. The number of aryl methyl sites for hydroxylation is 1. The number of anilines is 1. The highest BCUT2D eigenvalue weighted by Crippen LogP contribution is 2.19. The van der Waals surface area contributed by atoms with E-state index in [0.717, 1.165) is 29.3 Å². The van der Waals surface area contributed by atoms with Gasteiger partial charge in [0.15, 0.2) is 0 Å². The quantitative estimate of drug-likeness (QED) is 0.770. The fraction of sp³-hybridized carbons (Fsp3) is 0.0588. The molecule has 23 heavy (non-hydrogen) atoms. The molecule has 1 amide bonds. The molecule has 0 aliphatic rings. The van der Waals surface area contributed by atoms with E-state index in [9.17, 15) is 13.6 Å². The standard InChI is InChI=1S/C17H13F2N3O/c1-10-2-4-11(5-3-10)15-9-16(22-21-15)17(23)20-14-7-12(18)6-13(19)8-14/h2-9H,1H3,(H,20,23)(H,21,22). The Labute approximate surface area is 131 Å². The number of rotatable bonds is 3. The average molecular weight is 313 g/mol. The normalized spacial score (nSPS) is 10.6. The maximum Gasteiger partial charge on any atom is 0.273 e. The molecule has 1 aromatic heterocycles. The third kappa shape index (κ3) is 3.42. The lowest BCUT2D eigenvalue weighted by Gasteiger charge is -2.03. The number of benzene rings is 2. The maximum absolute atomic E-state index is 13.1. The molecule has 0 aliphatic heterocycles. The number of carbonyl (C=O) groups excluding carboxylic acids is 1. The van der Waals surface area contributed by atoms with Gasteiger partial charge in [-0.05, 0) is 25.1 Å². The second-order valence-electron chi connectivity index (χ2n) is 5.15. The van der Waals surface area contributed by atoms with Gasteiger partial charge in [-0.25, -0.2) is 8.78 Å². The summed E-state index contributed by atoms with van der Waals surface area (Å²) in [7, 11) is 0. The maximum atomic E-state index is 13.1. The van der Waals surface area contributed by atoms with Gasteiger partial charge in [-0.15, -0.1) is 0 Å². The van der Waals surface area contributed by atoms with Crippen molar-refractivity contribution < 1.29 is 13.6 Å². The van der Waals surface area contributed by atoms with Gasteiger partial charge in [-0.2, -0.15) is 5.10 Å². The van der Waals surface area contributed by atoms with Gasteiger partial charge in [-0.3, -0.25) is 9.89 Å². The number of carbonyl (C=O) groups is 1. The van der Waals surface area contributed by atoms with Crippen LogP contribution in [0.1, 0.15) is 16.1 Å². The lowest BCUT2D eigenvalue weighted by molar-refractivity contribution is 0.102. The number of aromatic nitrogens is 2. The van der Waals surface area contributed by atoms with Crippen LogP contribution in [0.5, 0.6) is 0 Å². The molecule has 6 heteroatoms. The first-order valence-corrected chi connectivity index (χ1v) is 6.91. The number of hydrogen-bond donors (Lipinski definition) is 2. The monoisotopic (exact) mass is 313 g/mol. The van der Waals surface area contributed by atoms with E-state index in [1.807, 2.05) is 31.2 Å². The molecule has 0 bridgehead atoms. The van der Waals surface area contributed by atoms with Gasteiger partial charge in [0, 0.05) is 17.3 Å². The lowest BCUT2D eigenvalue weighted by atomic mass is 10.1. The van der Waals surface area contributed by atoms with Crippen molar-refractivity contribution in [2.45, 2.75) is 6.92 Å². The minimum atomic E-state index is -0.759. The minimum Gasteiger partial charge on any atom is -0.320 e. The molecule has 1 heterocycles. The van der Waals surface area contributed by atoms with Gasteiger partial charge < -0.3 is 5.32 Å². The molecular formula is C17H13F2N3O. The Kier molecular flexibility index (Phi) is 3.89. The van der Waals surface area contributed by atoms with E-state index in [4.69, 9.17) is 0 Å². The SMILES string of the molecule is Cc1ccc(-c2cc(C(=O)Nc3cc(F)cc(F)c3)[nH]n2)cc1. The highest BCUT2D eigenvalue weighted by molar-refractivity contribution is 6.03. The summed E-state index contributed by atoms with van der Waals surface area (Å²) < 4.78 is 26.3. The summed E-state index contributed by atoms with van der Waals surface area (Å²) >= 11 is 0. The number of aromatic amines is 1. The molecule has 0 unspecified atom stereocenters. The summed E-state index contributed by atoms with van der Waals surface area (Å²) in [5.74, 6) is -2.05. The van der Waals surface area contributed by atoms with E-state index < -0.39 is 17.5 Å². The summed E-state index contributed by atoms with van der Waals surface area (Å²) in [5.41, 5.74) is 2.84.